The summed E-state index contributed by atoms with van der Waals surface area (Å²) in [5.41, 5.74) is 0.813. The molecule has 1 aliphatic rings. The molecule has 7 heteroatoms. The third-order valence-electron chi connectivity index (χ3n) is 3.93. The first-order valence-corrected chi connectivity index (χ1v) is 8.16. The van der Waals surface area contributed by atoms with E-state index < -0.39 is 0 Å². The molecule has 3 rings (SSSR count). The number of hydrogen-bond acceptors (Lipinski definition) is 5. The molecule has 1 aliphatic heterocycles. The van der Waals surface area contributed by atoms with Gasteiger partial charge in [-0.15, -0.1) is 5.10 Å². The largest absolute Gasteiger partial charge is 0.333 e. The van der Waals surface area contributed by atoms with Gasteiger partial charge in [-0.25, -0.2) is 0 Å². The van der Waals surface area contributed by atoms with Gasteiger partial charge in [-0.2, -0.15) is 5.10 Å². The molecular weight excluding hydrogens is 286 g/mol. The highest BCUT2D eigenvalue weighted by molar-refractivity contribution is 7.08. The number of amides is 1. The minimum absolute atomic E-state index is 0.0821. The monoisotopic (exact) mass is 305 g/mol. The second-order valence-corrected chi connectivity index (χ2v) is 6.03. The Morgan fingerprint density at radius 1 is 1.48 bits per heavy atom. The summed E-state index contributed by atoms with van der Waals surface area (Å²) >= 11 is 1.21. The molecule has 2 aromatic heterocycles. The molecule has 0 spiro atoms. The summed E-state index contributed by atoms with van der Waals surface area (Å²) in [6.45, 7) is 3.57. The van der Waals surface area contributed by atoms with Crippen molar-refractivity contribution in [3.8, 4) is 0 Å². The molecule has 1 saturated heterocycles. The first-order chi connectivity index (χ1) is 10.3. The lowest BCUT2D eigenvalue weighted by atomic mass is 10.0. The van der Waals surface area contributed by atoms with Gasteiger partial charge in [0.05, 0.1) is 18.3 Å². The van der Waals surface area contributed by atoms with Crippen LogP contribution in [0.25, 0.3) is 0 Å². The van der Waals surface area contributed by atoms with E-state index in [0.717, 1.165) is 44.5 Å². The molecule has 112 valence electrons. The van der Waals surface area contributed by atoms with Crippen molar-refractivity contribution in [2.24, 2.45) is 0 Å². The molecule has 0 N–H and O–H groups in total. The summed E-state index contributed by atoms with van der Waals surface area (Å²) in [5, 5.41) is 8.31. The van der Waals surface area contributed by atoms with Gasteiger partial charge in [0.1, 0.15) is 4.88 Å². The summed E-state index contributed by atoms with van der Waals surface area (Å²) in [6, 6.07) is 2.12. The first-order valence-electron chi connectivity index (χ1n) is 7.39. The molecule has 0 aliphatic carbocycles. The Hall–Kier alpha value is -1.76. The van der Waals surface area contributed by atoms with Gasteiger partial charge in [0.25, 0.3) is 5.91 Å². The molecule has 1 amide bonds. The number of piperidine rings is 1. The average molecular weight is 305 g/mol. The summed E-state index contributed by atoms with van der Waals surface area (Å²) in [4.78, 5) is 15.5. The van der Waals surface area contributed by atoms with Crippen LogP contribution in [0.3, 0.4) is 0 Å². The molecule has 1 fully saturated rings. The van der Waals surface area contributed by atoms with Crippen LogP contribution in [-0.4, -0.2) is 42.8 Å². The van der Waals surface area contributed by atoms with E-state index in [2.05, 4.69) is 14.7 Å². The lowest BCUT2D eigenvalue weighted by Crippen LogP contribution is -2.45. The maximum Gasteiger partial charge on any atom is 0.267 e. The quantitative estimate of drug-likeness (QED) is 0.866. The Morgan fingerprint density at radius 2 is 2.38 bits per heavy atom. The maximum atomic E-state index is 12.8. The van der Waals surface area contributed by atoms with Crippen molar-refractivity contribution in [3.05, 3.63) is 29.0 Å². The first kappa shape index (κ1) is 14.2. The summed E-state index contributed by atoms with van der Waals surface area (Å²) in [6.07, 6.45) is 7.72. The third-order valence-corrected chi connectivity index (χ3v) is 4.69. The number of aryl methyl sites for hydroxylation is 1. The Balaban J connectivity index is 1.79. The second kappa shape index (κ2) is 6.34. The predicted molar refractivity (Wildman–Crippen MR) is 80.2 cm³/mol. The molecule has 21 heavy (non-hydrogen) atoms. The van der Waals surface area contributed by atoms with Crippen molar-refractivity contribution in [2.45, 2.75) is 45.2 Å². The number of likely N-dealkylation sites (tertiary alicyclic amines) is 1. The number of carbonyl (C=O) groups is 1. The van der Waals surface area contributed by atoms with E-state index >= 15 is 0 Å². The molecule has 6 nitrogen and oxygen atoms in total. The van der Waals surface area contributed by atoms with Crippen LogP contribution in [0.4, 0.5) is 0 Å². The third kappa shape index (κ3) is 2.97. The van der Waals surface area contributed by atoms with Crippen LogP contribution in [0.1, 0.15) is 41.6 Å². The van der Waals surface area contributed by atoms with Crippen molar-refractivity contribution in [1.82, 2.24) is 24.3 Å². The summed E-state index contributed by atoms with van der Waals surface area (Å²) < 4.78 is 5.84. The maximum absolute atomic E-state index is 12.8. The smallest absolute Gasteiger partial charge is 0.267 e. The van der Waals surface area contributed by atoms with Gasteiger partial charge in [-0.1, -0.05) is 11.4 Å². The van der Waals surface area contributed by atoms with Crippen LogP contribution in [0.2, 0.25) is 0 Å². The van der Waals surface area contributed by atoms with Crippen LogP contribution in [0.15, 0.2) is 18.5 Å². The van der Waals surface area contributed by atoms with Crippen LogP contribution in [0, 0.1) is 0 Å². The standard InChI is InChI=1S/C14H19N5OS/c1-2-12-13(21-17-16-12)14(20)19-9-4-3-6-11(19)10-18-8-5-7-15-18/h5,7-8,11H,2-4,6,9-10H2,1H3. The second-order valence-electron chi connectivity index (χ2n) is 5.28. The van der Waals surface area contributed by atoms with E-state index in [0.29, 0.717) is 4.88 Å². The van der Waals surface area contributed by atoms with Gasteiger partial charge < -0.3 is 4.90 Å². The Bertz CT molecular complexity index is 594. The van der Waals surface area contributed by atoms with Crippen molar-refractivity contribution >= 4 is 17.4 Å². The zero-order valence-electron chi connectivity index (χ0n) is 12.1. The fourth-order valence-corrected chi connectivity index (χ4v) is 3.52. The normalized spacial score (nSPS) is 18.9. The molecule has 1 unspecified atom stereocenters. The minimum atomic E-state index is 0.0821. The van der Waals surface area contributed by atoms with E-state index in [1.165, 1.54) is 11.5 Å². The Kier molecular flexibility index (Phi) is 4.28. The van der Waals surface area contributed by atoms with Crippen LogP contribution in [0.5, 0.6) is 0 Å². The molecule has 2 aromatic rings. The number of aromatic nitrogens is 4. The topological polar surface area (TPSA) is 63.9 Å². The number of hydrogen-bond donors (Lipinski definition) is 0. The van der Waals surface area contributed by atoms with Crippen LogP contribution in [-0.2, 0) is 13.0 Å². The fourth-order valence-electron chi connectivity index (χ4n) is 2.81. The van der Waals surface area contributed by atoms with Gasteiger partial charge >= 0.3 is 0 Å². The molecule has 0 aromatic carbocycles. The van der Waals surface area contributed by atoms with E-state index in [9.17, 15) is 4.79 Å². The highest BCUT2D eigenvalue weighted by atomic mass is 32.1. The molecule has 3 heterocycles. The number of rotatable bonds is 4. The molecule has 0 bridgehead atoms. The minimum Gasteiger partial charge on any atom is -0.333 e. The number of nitrogens with zero attached hydrogens (tertiary/aromatic N) is 5. The van der Waals surface area contributed by atoms with Gasteiger partial charge in [0.2, 0.25) is 0 Å². The van der Waals surface area contributed by atoms with Gasteiger partial charge in [-0.3, -0.25) is 9.48 Å². The van der Waals surface area contributed by atoms with Gasteiger partial charge in [0, 0.05) is 18.9 Å². The van der Waals surface area contributed by atoms with Crippen LogP contribution >= 0.6 is 11.5 Å². The average Bonchev–Trinajstić information content (AvgIpc) is 3.18. The fraction of sp³-hybridized carbons (Fsp3) is 0.571. The zero-order valence-corrected chi connectivity index (χ0v) is 12.9. The lowest BCUT2D eigenvalue weighted by molar-refractivity contribution is 0.0587. The molecule has 0 saturated carbocycles. The summed E-state index contributed by atoms with van der Waals surface area (Å²) in [7, 11) is 0. The van der Waals surface area contributed by atoms with Gasteiger partial charge in [0.15, 0.2) is 0 Å². The predicted octanol–water partition coefficient (Wildman–Crippen LogP) is 1.99. The number of carbonyl (C=O) groups excluding carboxylic acids is 1. The van der Waals surface area contributed by atoms with Crippen LogP contribution < -0.4 is 0 Å². The molecular formula is C14H19N5OS. The van der Waals surface area contributed by atoms with E-state index in [1.807, 2.05) is 28.8 Å². The van der Waals surface area contributed by atoms with Crippen molar-refractivity contribution in [1.29, 1.82) is 0 Å². The molecule has 1 atom stereocenters. The van der Waals surface area contributed by atoms with Crippen molar-refractivity contribution in [2.75, 3.05) is 6.54 Å². The van der Waals surface area contributed by atoms with Gasteiger partial charge in [-0.05, 0) is 43.3 Å². The highest BCUT2D eigenvalue weighted by Gasteiger charge is 2.30. The SMILES string of the molecule is CCc1nnsc1C(=O)N1CCCCC1Cn1cccn1. The summed E-state index contributed by atoms with van der Waals surface area (Å²) in [5.74, 6) is 0.0821. The van der Waals surface area contributed by atoms with Crippen molar-refractivity contribution < 1.29 is 4.79 Å². The van der Waals surface area contributed by atoms with E-state index in [4.69, 9.17) is 0 Å². The molecule has 0 radical (unpaired) electrons. The Labute approximate surface area is 127 Å². The Morgan fingerprint density at radius 3 is 3.14 bits per heavy atom. The zero-order chi connectivity index (χ0) is 14.7. The highest BCUT2D eigenvalue weighted by Crippen LogP contribution is 2.23. The lowest BCUT2D eigenvalue weighted by Gasteiger charge is -2.35. The van der Waals surface area contributed by atoms with Crippen molar-refractivity contribution in [3.63, 3.8) is 0 Å². The van der Waals surface area contributed by atoms with E-state index in [1.54, 1.807) is 6.20 Å². The van der Waals surface area contributed by atoms with E-state index in [-0.39, 0.29) is 11.9 Å².